The average molecular weight is 427 g/mol. The minimum atomic E-state index is -3.79. The van der Waals surface area contributed by atoms with Crippen LogP contribution in [0.15, 0.2) is 23.2 Å². The van der Waals surface area contributed by atoms with E-state index in [0.717, 1.165) is 0 Å². The predicted molar refractivity (Wildman–Crippen MR) is 86.2 cm³/mol. The van der Waals surface area contributed by atoms with Gasteiger partial charge in [0.2, 0.25) is 5.03 Å². The monoisotopic (exact) mass is 426 g/mol. The summed E-state index contributed by atoms with van der Waals surface area (Å²) in [6.45, 7) is 1.82. The van der Waals surface area contributed by atoms with Gasteiger partial charge >= 0.3 is 0 Å². The molecule has 0 spiro atoms. The van der Waals surface area contributed by atoms with Crippen LogP contribution in [-0.4, -0.2) is 18.6 Å². The second-order valence-corrected chi connectivity index (χ2v) is 7.26. The molecule has 0 saturated heterocycles. The molecule has 20 heavy (non-hydrogen) atoms. The highest BCUT2D eigenvalue weighted by atomic mass is 127. The van der Waals surface area contributed by atoms with Crippen LogP contribution in [0.4, 0.5) is 5.69 Å². The first-order valence-electron chi connectivity index (χ1n) is 5.57. The van der Waals surface area contributed by atoms with E-state index in [4.69, 9.17) is 17.3 Å². The number of hydrogen-bond acceptors (Lipinski definition) is 4. The van der Waals surface area contributed by atoms with Gasteiger partial charge < -0.3 is 5.73 Å². The summed E-state index contributed by atoms with van der Waals surface area (Å²) >= 11 is 7.84. The Labute approximate surface area is 135 Å². The molecule has 0 atom stereocenters. The number of aromatic amines is 1. The molecule has 0 amide bonds. The van der Waals surface area contributed by atoms with Crippen LogP contribution in [0.3, 0.4) is 0 Å². The molecule has 0 bridgehead atoms. The number of halogens is 2. The molecule has 1 heterocycles. The molecule has 1 aromatic carbocycles. The Balaban J connectivity index is 2.41. The number of hydrogen-bond donors (Lipinski definition) is 3. The third-order valence-electron chi connectivity index (χ3n) is 2.67. The lowest BCUT2D eigenvalue weighted by Crippen LogP contribution is -2.17. The van der Waals surface area contributed by atoms with E-state index in [-0.39, 0.29) is 11.6 Å². The highest BCUT2D eigenvalue weighted by Crippen LogP contribution is 2.25. The number of nitrogens with zero attached hydrogens (tertiary/aromatic N) is 1. The van der Waals surface area contributed by atoms with Gasteiger partial charge in [-0.05, 0) is 47.7 Å². The van der Waals surface area contributed by atoms with Crippen LogP contribution in [0.5, 0.6) is 0 Å². The largest absolute Gasteiger partial charge is 0.326 e. The number of aromatic nitrogens is 2. The molecule has 0 radical (unpaired) electrons. The minimum absolute atomic E-state index is 0.0803. The number of benzene rings is 1. The molecule has 0 aliphatic carbocycles. The Morgan fingerprint density at radius 2 is 2.20 bits per heavy atom. The van der Waals surface area contributed by atoms with Crippen molar-refractivity contribution < 1.29 is 8.42 Å². The molecule has 2 aromatic rings. The normalized spacial score (nSPS) is 11.6. The molecule has 9 heteroatoms. The van der Waals surface area contributed by atoms with E-state index >= 15 is 0 Å². The van der Waals surface area contributed by atoms with Gasteiger partial charge in [-0.3, -0.25) is 9.82 Å². The Kier molecular flexibility index (Phi) is 4.57. The Bertz CT molecular complexity index is 745. The molecule has 0 fully saturated rings. The maximum absolute atomic E-state index is 12.3. The van der Waals surface area contributed by atoms with Gasteiger partial charge in [-0.15, -0.1) is 0 Å². The molecule has 0 aliphatic rings. The van der Waals surface area contributed by atoms with E-state index in [9.17, 15) is 8.42 Å². The van der Waals surface area contributed by atoms with Gasteiger partial charge in [0, 0.05) is 26.4 Å². The number of rotatable bonds is 4. The molecule has 0 saturated carbocycles. The fraction of sp³-hybridized carbons (Fsp3) is 0.182. The first kappa shape index (κ1) is 15.5. The quantitative estimate of drug-likeness (QED) is 0.653. The van der Waals surface area contributed by atoms with Gasteiger partial charge in [-0.1, -0.05) is 11.6 Å². The Morgan fingerprint density at radius 3 is 2.80 bits per heavy atom. The van der Waals surface area contributed by atoms with Gasteiger partial charge in [0.1, 0.15) is 0 Å². The maximum Gasteiger partial charge on any atom is 0.281 e. The number of aryl methyl sites for hydroxylation is 1. The number of nitrogens with one attached hydrogen (secondary N) is 2. The van der Waals surface area contributed by atoms with Crippen LogP contribution < -0.4 is 10.5 Å². The maximum atomic E-state index is 12.3. The third kappa shape index (κ3) is 3.08. The zero-order valence-corrected chi connectivity index (χ0v) is 14.2. The third-order valence-corrected chi connectivity index (χ3v) is 5.13. The van der Waals surface area contributed by atoms with E-state index in [1.807, 2.05) is 22.6 Å². The summed E-state index contributed by atoms with van der Waals surface area (Å²) in [7, 11) is -3.79. The molecule has 0 aliphatic heterocycles. The van der Waals surface area contributed by atoms with E-state index in [2.05, 4.69) is 14.9 Å². The van der Waals surface area contributed by atoms with Crippen molar-refractivity contribution in [1.29, 1.82) is 0 Å². The van der Waals surface area contributed by atoms with Gasteiger partial charge in [0.15, 0.2) is 0 Å². The van der Waals surface area contributed by atoms with Crippen molar-refractivity contribution in [2.75, 3.05) is 4.72 Å². The predicted octanol–water partition coefficient (Wildman–Crippen LogP) is 2.24. The molecule has 0 unspecified atom stereocenters. The lowest BCUT2D eigenvalue weighted by Gasteiger charge is -2.09. The zero-order chi connectivity index (χ0) is 14.9. The minimum Gasteiger partial charge on any atom is -0.326 e. The summed E-state index contributed by atoms with van der Waals surface area (Å²) in [5.74, 6) is 0. The highest BCUT2D eigenvalue weighted by Gasteiger charge is 2.23. The average Bonchev–Trinajstić information content (AvgIpc) is 2.74. The lowest BCUT2D eigenvalue weighted by atomic mass is 10.3. The number of anilines is 1. The van der Waals surface area contributed by atoms with Gasteiger partial charge in [-0.2, -0.15) is 13.5 Å². The lowest BCUT2D eigenvalue weighted by molar-refractivity contribution is 0.596. The fourth-order valence-corrected chi connectivity index (χ4v) is 4.14. The summed E-state index contributed by atoms with van der Waals surface area (Å²) in [6.07, 6.45) is 0. The summed E-state index contributed by atoms with van der Waals surface area (Å²) in [5.41, 5.74) is 7.12. The molecule has 1 aromatic heterocycles. The van der Waals surface area contributed by atoms with Crippen LogP contribution in [0.1, 0.15) is 11.3 Å². The van der Waals surface area contributed by atoms with Gasteiger partial charge in [0.25, 0.3) is 10.0 Å². The standard InChI is InChI=1S/C11H12ClIN4O2S/c1-6-8(5-14)11(16-15-6)20(18,19)17-10-3-2-7(12)4-9(10)13/h2-4,17H,5,14H2,1H3,(H,15,16). The second kappa shape index (κ2) is 5.88. The summed E-state index contributed by atoms with van der Waals surface area (Å²) < 4.78 is 27.9. The number of sulfonamides is 1. The topological polar surface area (TPSA) is 101 Å². The van der Waals surface area contributed by atoms with E-state index in [0.29, 0.717) is 25.5 Å². The molecule has 6 nitrogen and oxygen atoms in total. The van der Waals surface area contributed by atoms with Crippen molar-refractivity contribution in [3.8, 4) is 0 Å². The van der Waals surface area contributed by atoms with Crippen molar-refractivity contribution in [2.24, 2.45) is 5.73 Å². The van der Waals surface area contributed by atoms with E-state index in [1.54, 1.807) is 25.1 Å². The zero-order valence-electron chi connectivity index (χ0n) is 10.4. The van der Waals surface area contributed by atoms with Crippen LogP contribution in [0.2, 0.25) is 5.02 Å². The second-order valence-electron chi connectivity index (χ2n) is 4.07. The fourth-order valence-electron chi connectivity index (χ4n) is 1.66. The van der Waals surface area contributed by atoms with Crippen LogP contribution in [-0.2, 0) is 16.6 Å². The van der Waals surface area contributed by atoms with Gasteiger partial charge in [-0.25, -0.2) is 0 Å². The molecule has 2 rings (SSSR count). The van der Waals surface area contributed by atoms with Crippen LogP contribution in [0, 0.1) is 10.5 Å². The summed E-state index contributed by atoms with van der Waals surface area (Å²) in [5, 5.41) is 6.91. The van der Waals surface area contributed by atoms with E-state index < -0.39 is 10.0 Å². The van der Waals surface area contributed by atoms with Crippen molar-refractivity contribution in [3.05, 3.63) is 38.0 Å². The van der Waals surface area contributed by atoms with Gasteiger partial charge in [0.05, 0.1) is 5.69 Å². The first-order valence-corrected chi connectivity index (χ1v) is 8.51. The van der Waals surface area contributed by atoms with Crippen molar-refractivity contribution in [1.82, 2.24) is 10.2 Å². The summed E-state index contributed by atoms with van der Waals surface area (Å²) in [4.78, 5) is 0. The SMILES string of the molecule is Cc1[nH]nc(S(=O)(=O)Nc2ccc(Cl)cc2I)c1CN. The first-order chi connectivity index (χ1) is 9.35. The van der Waals surface area contributed by atoms with E-state index in [1.165, 1.54) is 0 Å². The Morgan fingerprint density at radius 1 is 1.50 bits per heavy atom. The van der Waals surface area contributed by atoms with Crippen molar-refractivity contribution in [2.45, 2.75) is 18.5 Å². The van der Waals surface area contributed by atoms with Crippen LogP contribution in [0.25, 0.3) is 0 Å². The van der Waals surface area contributed by atoms with Crippen LogP contribution >= 0.6 is 34.2 Å². The van der Waals surface area contributed by atoms with Crippen molar-refractivity contribution in [3.63, 3.8) is 0 Å². The summed E-state index contributed by atoms with van der Waals surface area (Å²) in [6, 6.07) is 4.88. The van der Waals surface area contributed by atoms with Crippen molar-refractivity contribution >= 4 is 49.9 Å². The molecule has 4 N–H and O–H groups in total. The molecular formula is C11H12ClIN4O2S. The highest BCUT2D eigenvalue weighted by molar-refractivity contribution is 14.1. The smallest absolute Gasteiger partial charge is 0.281 e. The Hall–Kier alpha value is -0.840. The molecule has 108 valence electrons. The molecular weight excluding hydrogens is 415 g/mol. The number of H-pyrrole nitrogens is 1. The number of nitrogens with two attached hydrogens (primary N) is 1.